The van der Waals surface area contributed by atoms with Crippen molar-refractivity contribution in [1.29, 1.82) is 0 Å². The molecule has 1 amide bonds. The molecule has 1 aromatic carbocycles. The fraction of sp³-hybridized carbons (Fsp3) is 0.562. The van der Waals surface area contributed by atoms with Crippen molar-refractivity contribution < 1.29 is 19.0 Å². The maximum atomic E-state index is 12.5. The summed E-state index contributed by atoms with van der Waals surface area (Å²) in [5.41, 5.74) is 0.951. The number of nitrogens with one attached hydrogen (secondary N) is 2. The van der Waals surface area contributed by atoms with Crippen LogP contribution in [0.25, 0.3) is 0 Å². The number of hydrogen-bond acceptors (Lipinski definition) is 5. The molecule has 2 aliphatic heterocycles. The molecule has 2 heterocycles. The zero-order chi connectivity index (χ0) is 16.4. The number of rotatable bonds is 3. The van der Waals surface area contributed by atoms with Gasteiger partial charge in [-0.05, 0) is 31.5 Å². The van der Waals surface area contributed by atoms with Crippen LogP contribution in [-0.2, 0) is 9.53 Å². The molecule has 24 heavy (non-hydrogen) atoms. The molecule has 1 unspecified atom stereocenters. The van der Waals surface area contributed by atoms with Crippen LogP contribution in [0.15, 0.2) is 16.6 Å². The van der Waals surface area contributed by atoms with Crippen LogP contribution >= 0.6 is 28.3 Å². The highest BCUT2D eigenvalue weighted by molar-refractivity contribution is 9.10. The second-order valence-electron chi connectivity index (χ2n) is 5.76. The standard InChI is InChI=1S/C16H21BrN2O4.ClH/c1-9(19-16(20)15-10(2)21-4-3-18-15)11-7-13-14(8-12(11)17)23-6-5-22-13;/h7-10,15,18H,3-6H2,1-2H3,(H,19,20);1H/t9?,10-,15+;/m1./s1. The van der Waals surface area contributed by atoms with Crippen LogP contribution in [-0.4, -0.2) is 44.4 Å². The van der Waals surface area contributed by atoms with Crippen LogP contribution in [0.5, 0.6) is 11.5 Å². The van der Waals surface area contributed by atoms with Gasteiger partial charge in [-0.25, -0.2) is 0 Å². The summed E-state index contributed by atoms with van der Waals surface area (Å²) in [7, 11) is 0. The van der Waals surface area contributed by atoms with Crippen LogP contribution in [0, 0.1) is 0 Å². The van der Waals surface area contributed by atoms with Gasteiger partial charge in [-0.15, -0.1) is 12.4 Å². The Hall–Kier alpha value is -1.02. The first-order chi connectivity index (χ1) is 11.1. The molecule has 3 rings (SSSR count). The molecule has 8 heteroatoms. The molecule has 1 saturated heterocycles. The second kappa shape index (κ2) is 8.38. The summed E-state index contributed by atoms with van der Waals surface area (Å²) in [4.78, 5) is 12.5. The molecule has 134 valence electrons. The smallest absolute Gasteiger partial charge is 0.240 e. The molecule has 0 radical (unpaired) electrons. The van der Waals surface area contributed by atoms with Gasteiger partial charge in [0.25, 0.3) is 0 Å². The van der Waals surface area contributed by atoms with E-state index in [4.69, 9.17) is 14.2 Å². The summed E-state index contributed by atoms with van der Waals surface area (Å²) >= 11 is 3.55. The number of morpholine rings is 1. The first-order valence-corrected chi connectivity index (χ1v) is 8.60. The van der Waals surface area contributed by atoms with Crippen LogP contribution in [0.4, 0.5) is 0 Å². The Morgan fingerprint density at radius 2 is 1.96 bits per heavy atom. The molecular formula is C16H22BrClN2O4. The number of carbonyl (C=O) groups is 1. The van der Waals surface area contributed by atoms with Crippen LogP contribution in [0.1, 0.15) is 25.5 Å². The van der Waals surface area contributed by atoms with E-state index >= 15 is 0 Å². The lowest BCUT2D eigenvalue weighted by Crippen LogP contribution is -2.55. The molecule has 3 atom stereocenters. The van der Waals surface area contributed by atoms with Crippen LogP contribution in [0.2, 0.25) is 0 Å². The summed E-state index contributed by atoms with van der Waals surface area (Å²) in [6.45, 7) is 6.26. The second-order valence-corrected chi connectivity index (χ2v) is 6.61. The minimum Gasteiger partial charge on any atom is -0.486 e. The number of fused-ring (bicyclic) bond motifs is 1. The van der Waals surface area contributed by atoms with Gasteiger partial charge in [-0.2, -0.15) is 0 Å². The van der Waals surface area contributed by atoms with Gasteiger partial charge in [-0.3, -0.25) is 4.79 Å². The highest BCUT2D eigenvalue weighted by atomic mass is 79.9. The van der Waals surface area contributed by atoms with E-state index in [1.165, 1.54) is 0 Å². The maximum Gasteiger partial charge on any atom is 0.240 e. The van der Waals surface area contributed by atoms with E-state index < -0.39 is 0 Å². The molecule has 0 aromatic heterocycles. The monoisotopic (exact) mass is 420 g/mol. The van der Waals surface area contributed by atoms with E-state index in [2.05, 4.69) is 26.6 Å². The molecule has 0 aliphatic carbocycles. The average molecular weight is 422 g/mol. The van der Waals surface area contributed by atoms with E-state index in [9.17, 15) is 4.79 Å². The number of amides is 1. The van der Waals surface area contributed by atoms with Crippen molar-refractivity contribution in [2.75, 3.05) is 26.4 Å². The molecule has 1 aromatic rings. The summed E-state index contributed by atoms with van der Waals surface area (Å²) in [5, 5.41) is 6.23. The van der Waals surface area contributed by atoms with Crippen molar-refractivity contribution in [1.82, 2.24) is 10.6 Å². The molecule has 0 bridgehead atoms. The Morgan fingerprint density at radius 3 is 2.62 bits per heavy atom. The maximum absolute atomic E-state index is 12.5. The largest absolute Gasteiger partial charge is 0.486 e. The lowest BCUT2D eigenvalue weighted by molar-refractivity contribution is -0.129. The first-order valence-electron chi connectivity index (χ1n) is 7.80. The van der Waals surface area contributed by atoms with E-state index in [1.54, 1.807) is 0 Å². The quantitative estimate of drug-likeness (QED) is 0.783. The number of halogens is 2. The molecule has 6 nitrogen and oxygen atoms in total. The Balaban J connectivity index is 0.00000208. The summed E-state index contributed by atoms with van der Waals surface area (Å²) < 4.78 is 17.6. The predicted octanol–water partition coefficient (Wildman–Crippen LogP) is 2.20. The minimum atomic E-state index is -0.331. The lowest BCUT2D eigenvalue weighted by atomic mass is 10.1. The summed E-state index contributed by atoms with van der Waals surface area (Å²) in [5.74, 6) is 1.37. The number of benzene rings is 1. The SMILES string of the molecule is CC(NC(=O)[C@H]1NCCO[C@@H]1C)c1cc2c(cc1Br)OCCO2.Cl. The normalized spacial score (nSPS) is 23.8. The van der Waals surface area contributed by atoms with Crippen LogP contribution in [0.3, 0.4) is 0 Å². The van der Waals surface area contributed by atoms with Crippen molar-refractivity contribution in [2.45, 2.75) is 32.0 Å². The third-order valence-corrected chi connectivity index (χ3v) is 4.77. The van der Waals surface area contributed by atoms with Gasteiger partial charge in [-0.1, -0.05) is 15.9 Å². The van der Waals surface area contributed by atoms with Gasteiger partial charge in [0.05, 0.1) is 18.8 Å². The fourth-order valence-electron chi connectivity index (χ4n) is 2.82. The number of ether oxygens (including phenoxy) is 3. The third kappa shape index (κ3) is 4.14. The fourth-order valence-corrected chi connectivity index (χ4v) is 3.49. The van der Waals surface area contributed by atoms with Gasteiger partial charge >= 0.3 is 0 Å². The topological polar surface area (TPSA) is 68.8 Å². The van der Waals surface area contributed by atoms with Crippen molar-refractivity contribution in [3.63, 3.8) is 0 Å². The summed E-state index contributed by atoms with van der Waals surface area (Å²) in [6, 6.07) is 3.31. The van der Waals surface area contributed by atoms with Crippen molar-refractivity contribution in [3.8, 4) is 11.5 Å². The van der Waals surface area contributed by atoms with E-state index in [0.29, 0.717) is 32.1 Å². The van der Waals surface area contributed by atoms with Crippen molar-refractivity contribution in [2.24, 2.45) is 0 Å². The number of hydrogen-bond donors (Lipinski definition) is 2. The van der Waals surface area contributed by atoms with Crippen molar-refractivity contribution in [3.05, 3.63) is 22.2 Å². The van der Waals surface area contributed by atoms with E-state index in [-0.39, 0.29) is 36.5 Å². The zero-order valence-corrected chi connectivity index (χ0v) is 16.0. The highest BCUT2D eigenvalue weighted by Gasteiger charge is 2.29. The predicted molar refractivity (Wildman–Crippen MR) is 96.1 cm³/mol. The van der Waals surface area contributed by atoms with Gasteiger partial charge < -0.3 is 24.8 Å². The van der Waals surface area contributed by atoms with Gasteiger partial charge in [0.2, 0.25) is 5.91 Å². The summed E-state index contributed by atoms with van der Waals surface area (Å²) in [6.07, 6.45) is -0.139. The highest BCUT2D eigenvalue weighted by Crippen LogP contribution is 2.37. The molecule has 1 fully saturated rings. The van der Waals surface area contributed by atoms with Crippen LogP contribution < -0.4 is 20.1 Å². The van der Waals surface area contributed by atoms with Crippen molar-refractivity contribution >= 4 is 34.2 Å². The van der Waals surface area contributed by atoms with E-state index in [1.807, 2.05) is 26.0 Å². The average Bonchev–Trinajstić information content (AvgIpc) is 2.54. The molecular weight excluding hydrogens is 400 g/mol. The Labute approximate surface area is 156 Å². The minimum absolute atomic E-state index is 0. The van der Waals surface area contributed by atoms with E-state index in [0.717, 1.165) is 15.8 Å². The molecule has 0 spiro atoms. The molecule has 2 aliphatic rings. The van der Waals surface area contributed by atoms with Gasteiger partial charge in [0.15, 0.2) is 11.5 Å². The van der Waals surface area contributed by atoms with Gasteiger partial charge in [0, 0.05) is 11.0 Å². The third-order valence-electron chi connectivity index (χ3n) is 4.09. The van der Waals surface area contributed by atoms with Gasteiger partial charge in [0.1, 0.15) is 19.3 Å². The molecule has 0 saturated carbocycles. The Morgan fingerprint density at radius 1 is 1.29 bits per heavy atom. The lowest BCUT2D eigenvalue weighted by Gasteiger charge is -2.30. The Kier molecular flexibility index (Phi) is 6.74. The zero-order valence-electron chi connectivity index (χ0n) is 13.6. The number of carbonyl (C=O) groups excluding carboxylic acids is 1. The Bertz CT molecular complexity index is 602. The molecule has 2 N–H and O–H groups in total. The first kappa shape index (κ1) is 19.3.